The van der Waals surface area contributed by atoms with E-state index in [2.05, 4.69) is 28.7 Å². The van der Waals surface area contributed by atoms with Crippen LogP contribution >= 0.6 is 11.6 Å². The Balaban J connectivity index is 1.75. The molecule has 0 saturated heterocycles. The Morgan fingerprint density at radius 3 is 2.58 bits per heavy atom. The highest BCUT2D eigenvalue weighted by atomic mass is 35.5. The predicted octanol–water partition coefficient (Wildman–Crippen LogP) is 4.68. The fraction of sp³-hybridized carbons (Fsp3) is 0.300. The van der Waals surface area contributed by atoms with Gasteiger partial charge in [0, 0.05) is 0 Å². The van der Waals surface area contributed by atoms with E-state index >= 15 is 0 Å². The average molecular weight is 341 g/mol. The van der Waals surface area contributed by atoms with E-state index in [1.54, 1.807) is 12.1 Å². The van der Waals surface area contributed by atoms with Gasteiger partial charge in [0.25, 0.3) is 5.91 Å². The monoisotopic (exact) mass is 340 g/mol. The fourth-order valence-corrected chi connectivity index (χ4v) is 3.34. The van der Waals surface area contributed by atoms with E-state index in [1.165, 1.54) is 24.0 Å². The smallest absolute Gasteiger partial charge is 0.267 e. The van der Waals surface area contributed by atoms with Crippen LogP contribution in [0.3, 0.4) is 0 Å². The van der Waals surface area contributed by atoms with E-state index in [1.807, 2.05) is 19.9 Å². The van der Waals surface area contributed by atoms with Crippen LogP contribution in [0.4, 0.5) is 0 Å². The van der Waals surface area contributed by atoms with Gasteiger partial charge < -0.3 is 0 Å². The second-order valence-corrected chi connectivity index (χ2v) is 6.72. The average Bonchev–Trinajstić information content (AvgIpc) is 2.59. The molecule has 0 fully saturated rings. The lowest BCUT2D eigenvalue weighted by molar-refractivity contribution is 0.0955. The van der Waals surface area contributed by atoms with Crippen LogP contribution in [0.5, 0.6) is 0 Å². The van der Waals surface area contributed by atoms with Gasteiger partial charge in [0.1, 0.15) is 0 Å². The number of aryl methyl sites for hydroxylation is 3. The molecule has 1 N–H and O–H groups in total. The topological polar surface area (TPSA) is 41.5 Å². The molecule has 3 nitrogen and oxygen atoms in total. The van der Waals surface area contributed by atoms with Crippen LogP contribution < -0.4 is 5.43 Å². The van der Waals surface area contributed by atoms with Crippen LogP contribution in [0, 0.1) is 6.92 Å². The molecule has 0 aliphatic heterocycles. The molecule has 1 amide bonds. The van der Waals surface area contributed by atoms with E-state index in [0.717, 1.165) is 29.7 Å². The lowest BCUT2D eigenvalue weighted by Crippen LogP contribution is -2.20. The Bertz CT molecular complexity index is 811. The van der Waals surface area contributed by atoms with Crippen molar-refractivity contribution in [3.05, 3.63) is 69.2 Å². The molecule has 0 saturated carbocycles. The van der Waals surface area contributed by atoms with E-state index in [4.69, 9.17) is 11.6 Å². The Morgan fingerprint density at radius 1 is 1.08 bits per heavy atom. The number of carbonyl (C=O) groups is 1. The highest BCUT2D eigenvalue weighted by Gasteiger charge is 2.12. The van der Waals surface area contributed by atoms with Crippen molar-refractivity contribution in [1.29, 1.82) is 0 Å². The van der Waals surface area contributed by atoms with Crippen molar-refractivity contribution in [3.63, 3.8) is 0 Å². The summed E-state index contributed by atoms with van der Waals surface area (Å²) in [6.45, 7) is 3.84. The number of fused-ring (bicyclic) bond motifs is 1. The summed E-state index contributed by atoms with van der Waals surface area (Å²) in [5.41, 5.74) is 8.74. The molecule has 2 aromatic carbocycles. The van der Waals surface area contributed by atoms with E-state index in [9.17, 15) is 4.79 Å². The highest BCUT2D eigenvalue weighted by molar-refractivity contribution is 6.33. The first kappa shape index (κ1) is 16.7. The van der Waals surface area contributed by atoms with Crippen LogP contribution in [-0.2, 0) is 12.8 Å². The summed E-state index contributed by atoms with van der Waals surface area (Å²) in [7, 11) is 0. The number of benzene rings is 2. The third-order valence-corrected chi connectivity index (χ3v) is 4.77. The zero-order valence-corrected chi connectivity index (χ0v) is 14.8. The minimum atomic E-state index is -0.294. The zero-order chi connectivity index (χ0) is 17.1. The number of hydrogen-bond acceptors (Lipinski definition) is 2. The second kappa shape index (κ2) is 7.18. The van der Waals surface area contributed by atoms with Crippen molar-refractivity contribution in [2.24, 2.45) is 5.10 Å². The van der Waals surface area contributed by atoms with Crippen LogP contribution in [0.25, 0.3) is 0 Å². The van der Waals surface area contributed by atoms with Crippen LogP contribution in [0.1, 0.15) is 52.4 Å². The first-order valence-electron chi connectivity index (χ1n) is 8.27. The molecular formula is C20H21ClN2O. The van der Waals surface area contributed by atoms with Crippen molar-refractivity contribution < 1.29 is 4.79 Å². The van der Waals surface area contributed by atoms with Crippen molar-refractivity contribution in [2.45, 2.75) is 39.5 Å². The lowest BCUT2D eigenvalue weighted by Gasteiger charge is -2.16. The Kier molecular flexibility index (Phi) is 5.00. The molecular weight excluding hydrogens is 320 g/mol. The molecule has 1 aliphatic carbocycles. The summed E-state index contributed by atoms with van der Waals surface area (Å²) in [4.78, 5) is 12.2. The molecule has 0 spiro atoms. The predicted molar refractivity (Wildman–Crippen MR) is 99.0 cm³/mol. The van der Waals surface area contributed by atoms with Crippen molar-refractivity contribution in [1.82, 2.24) is 5.43 Å². The van der Waals surface area contributed by atoms with Crippen LogP contribution in [0.15, 0.2) is 41.5 Å². The van der Waals surface area contributed by atoms with Crippen LogP contribution in [0.2, 0.25) is 5.02 Å². The van der Waals surface area contributed by atoms with Gasteiger partial charge in [0.05, 0.1) is 16.3 Å². The maximum Gasteiger partial charge on any atom is 0.272 e. The molecule has 124 valence electrons. The number of hydrazone groups is 1. The van der Waals surface area contributed by atoms with E-state index < -0.39 is 0 Å². The van der Waals surface area contributed by atoms with Crippen molar-refractivity contribution in [3.8, 4) is 0 Å². The zero-order valence-electron chi connectivity index (χ0n) is 14.0. The SMILES string of the molecule is C/C(=N\NC(=O)c1ccc(C)cc1Cl)c1ccc2c(c1)CCCC2. The number of amides is 1. The molecule has 0 heterocycles. The molecule has 4 heteroatoms. The van der Waals surface area contributed by atoms with Gasteiger partial charge in [0.2, 0.25) is 0 Å². The van der Waals surface area contributed by atoms with Gasteiger partial charge in [-0.05, 0) is 80.0 Å². The van der Waals surface area contributed by atoms with Gasteiger partial charge in [-0.25, -0.2) is 5.43 Å². The number of carbonyl (C=O) groups excluding carboxylic acids is 1. The maximum atomic E-state index is 12.2. The fourth-order valence-electron chi connectivity index (χ4n) is 3.02. The quantitative estimate of drug-likeness (QED) is 0.639. The van der Waals surface area contributed by atoms with Gasteiger partial charge in [-0.1, -0.05) is 29.8 Å². The van der Waals surface area contributed by atoms with Gasteiger partial charge >= 0.3 is 0 Å². The third kappa shape index (κ3) is 3.68. The van der Waals surface area contributed by atoms with Crippen molar-refractivity contribution >= 4 is 23.2 Å². The Morgan fingerprint density at radius 2 is 1.83 bits per heavy atom. The molecule has 24 heavy (non-hydrogen) atoms. The third-order valence-electron chi connectivity index (χ3n) is 4.46. The molecule has 3 rings (SSSR count). The summed E-state index contributed by atoms with van der Waals surface area (Å²) in [6.07, 6.45) is 4.80. The normalized spacial score (nSPS) is 14.2. The van der Waals surface area contributed by atoms with E-state index in [-0.39, 0.29) is 5.91 Å². The maximum absolute atomic E-state index is 12.2. The largest absolute Gasteiger partial charge is 0.272 e. The first-order chi connectivity index (χ1) is 11.5. The molecule has 0 bridgehead atoms. The number of nitrogens with one attached hydrogen (secondary N) is 1. The number of halogens is 1. The van der Waals surface area contributed by atoms with E-state index in [0.29, 0.717) is 10.6 Å². The van der Waals surface area contributed by atoms with Crippen LogP contribution in [-0.4, -0.2) is 11.6 Å². The summed E-state index contributed by atoms with van der Waals surface area (Å²) < 4.78 is 0. The second-order valence-electron chi connectivity index (χ2n) is 6.31. The highest BCUT2D eigenvalue weighted by Crippen LogP contribution is 2.22. The summed E-state index contributed by atoms with van der Waals surface area (Å²) in [5.74, 6) is -0.294. The number of rotatable bonds is 3. The molecule has 0 atom stereocenters. The number of nitrogens with zero attached hydrogens (tertiary/aromatic N) is 1. The number of hydrogen-bond donors (Lipinski definition) is 1. The van der Waals surface area contributed by atoms with Gasteiger partial charge in [-0.15, -0.1) is 0 Å². The van der Waals surface area contributed by atoms with Gasteiger partial charge in [-0.2, -0.15) is 5.10 Å². The minimum Gasteiger partial charge on any atom is -0.267 e. The molecule has 1 aliphatic rings. The minimum absolute atomic E-state index is 0.294. The Labute approximate surface area is 147 Å². The first-order valence-corrected chi connectivity index (χ1v) is 8.65. The summed E-state index contributed by atoms with van der Waals surface area (Å²) in [5, 5.41) is 4.68. The molecule has 0 unspecified atom stereocenters. The molecule has 2 aromatic rings. The summed E-state index contributed by atoms with van der Waals surface area (Å²) in [6, 6.07) is 11.8. The molecule has 0 radical (unpaired) electrons. The van der Waals surface area contributed by atoms with Gasteiger partial charge in [-0.3, -0.25) is 4.79 Å². The standard InChI is InChI=1S/C20H21ClN2O/c1-13-7-10-18(19(21)11-13)20(24)23-22-14(2)16-9-8-15-5-3-4-6-17(15)12-16/h7-12H,3-6H2,1-2H3,(H,23,24)/b22-14+. The van der Waals surface area contributed by atoms with Crippen molar-refractivity contribution in [2.75, 3.05) is 0 Å². The lowest BCUT2D eigenvalue weighted by atomic mass is 9.90. The molecule has 0 aromatic heterocycles. The Hall–Kier alpha value is -2.13. The summed E-state index contributed by atoms with van der Waals surface area (Å²) >= 11 is 6.13. The van der Waals surface area contributed by atoms with Gasteiger partial charge in [0.15, 0.2) is 0 Å².